The van der Waals surface area contributed by atoms with Crippen molar-refractivity contribution in [2.24, 2.45) is 10.9 Å². The lowest BCUT2D eigenvalue weighted by molar-refractivity contribution is -0.141. The molecular formula is C28H28F3N5O3. The molecule has 0 spiro atoms. The first kappa shape index (κ1) is 26.8. The summed E-state index contributed by atoms with van der Waals surface area (Å²) in [6, 6.07) is 8.40. The lowest BCUT2D eigenvalue weighted by Gasteiger charge is -2.27. The maximum absolute atomic E-state index is 13.0. The molecule has 1 aromatic carbocycles. The van der Waals surface area contributed by atoms with Gasteiger partial charge in [0.25, 0.3) is 5.91 Å². The molecular weight excluding hydrogens is 511 g/mol. The summed E-state index contributed by atoms with van der Waals surface area (Å²) >= 11 is 0. The summed E-state index contributed by atoms with van der Waals surface area (Å²) in [5, 5.41) is 7.16. The molecule has 2 aromatic heterocycles. The number of nitrogens with one attached hydrogen (secondary N) is 1. The van der Waals surface area contributed by atoms with Gasteiger partial charge in [0.15, 0.2) is 0 Å². The Morgan fingerprint density at radius 2 is 2.03 bits per heavy atom. The van der Waals surface area contributed by atoms with Gasteiger partial charge < -0.3 is 14.8 Å². The van der Waals surface area contributed by atoms with Crippen LogP contribution >= 0.6 is 0 Å². The number of aliphatic imine (C=N–C) groups is 1. The highest BCUT2D eigenvalue weighted by molar-refractivity contribution is 6.03. The molecule has 11 heteroatoms. The number of carbonyl (C=O) groups is 1. The van der Waals surface area contributed by atoms with Crippen molar-refractivity contribution in [2.45, 2.75) is 38.0 Å². The van der Waals surface area contributed by atoms with Gasteiger partial charge in [-0.3, -0.25) is 9.79 Å². The summed E-state index contributed by atoms with van der Waals surface area (Å²) in [6.07, 6.45) is 6.36. The zero-order valence-electron chi connectivity index (χ0n) is 21.3. The van der Waals surface area contributed by atoms with Crippen LogP contribution in [0.2, 0.25) is 0 Å². The summed E-state index contributed by atoms with van der Waals surface area (Å²) in [4.78, 5) is 20.4. The number of amides is 1. The number of aryl methyl sites for hydroxylation is 1. The number of nitrogens with zero attached hydrogens (tertiary/aromatic N) is 4. The quantitative estimate of drug-likeness (QED) is 0.438. The number of pyridine rings is 1. The highest BCUT2D eigenvalue weighted by Gasteiger charge is 2.33. The van der Waals surface area contributed by atoms with E-state index < -0.39 is 17.8 Å². The standard InChI is InChI=1S/C28H28F3N5O3/c1-18-5-6-21(34-27(37)23-3-2-4-26(35-23)28(29,30)31)13-24(18)36-16-20(14-33-36)22-15-32-10-7-25(22)39-17-19-8-11-38-12-9-19/h2-7,10,13-16,19,22,25H,8-9,11-12,17H2,1H3,(H,34,37). The minimum Gasteiger partial charge on any atom is -0.381 e. The van der Waals surface area contributed by atoms with Crippen LogP contribution in [-0.4, -0.2) is 52.8 Å². The number of alkyl halides is 3. The fraction of sp³-hybridized carbons (Fsp3) is 0.357. The summed E-state index contributed by atoms with van der Waals surface area (Å²) in [5.74, 6) is -0.383. The molecule has 1 fully saturated rings. The number of benzene rings is 1. The molecule has 3 aromatic rings. The van der Waals surface area contributed by atoms with Gasteiger partial charge in [-0.15, -0.1) is 0 Å². The van der Waals surface area contributed by atoms with E-state index in [0.717, 1.165) is 49.3 Å². The van der Waals surface area contributed by atoms with E-state index in [-0.39, 0.29) is 17.7 Å². The van der Waals surface area contributed by atoms with Crippen LogP contribution in [-0.2, 0) is 15.7 Å². The maximum atomic E-state index is 13.0. The van der Waals surface area contributed by atoms with Gasteiger partial charge >= 0.3 is 6.18 Å². The van der Waals surface area contributed by atoms with E-state index in [0.29, 0.717) is 23.9 Å². The molecule has 4 heterocycles. The van der Waals surface area contributed by atoms with Crippen molar-refractivity contribution < 1.29 is 27.4 Å². The van der Waals surface area contributed by atoms with Crippen LogP contribution in [0.4, 0.5) is 18.9 Å². The fourth-order valence-corrected chi connectivity index (χ4v) is 4.57. The van der Waals surface area contributed by atoms with Gasteiger partial charge in [-0.25, -0.2) is 9.67 Å². The van der Waals surface area contributed by atoms with Gasteiger partial charge in [0, 0.05) is 43.1 Å². The van der Waals surface area contributed by atoms with Crippen LogP contribution in [0.1, 0.15) is 46.1 Å². The number of halogens is 3. The number of anilines is 1. The predicted octanol–water partition coefficient (Wildman–Crippen LogP) is 5.34. The maximum Gasteiger partial charge on any atom is 0.433 e. The molecule has 204 valence electrons. The van der Waals surface area contributed by atoms with Gasteiger partial charge in [0.05, 0.1) is 30.5 Å². The summed E-state index contributed by atoms with van der Waals surface area (Å²) in [5.41, 5.74) is 1.46. The van der Waals surface area contributed by atoms with Gasteiger partial charge in [-0.05, 0) is 61.6 Å². The Balaban J connectivity index is 1.30. The second-order valence-electron chi connectivity index (χ2n) is 9.60. The van der Waals surface area contributed by atoms with Crippen LogP contribution in [0, 0.1) is 12.8 Å². The molecule has 1 amide bonds. The average Bonchev–Trinajstić information content (AvgIpc) is 3.43. The Labute approximate surface area is 223 Å². The molecule has 1 N–H and O–H groups in total. The molecule has 0 saturated carbocycles. The second-order valence-corrected chi connectivity index (χ2v) is 9.60. The molecule has 2 aliphatic heterocycles. The zero-order valence-corrected chi connectivity index (χ0v) is 21.3. The molecule has 2 unspecified atom stereocenters. The minimum absolute atomic E-state index is 0.112. The first-order valence-electron chi connectivity index (χ1n) is 12.7. The Bertz CT molecular complexity index is 1380. The van der Waals surface area contributed by atoms with Gasteiger partial charge in [0.1, 0.15) is 11.4 Å². The molecule has 5 rings (SSSR count). The third-order valence-electron chi connectivity index (χ3n) is 6.80. The molecule has 1 saturated heterocycles. The van der Waals surface area contributed by atoms with Crippen molar-refractivity contribution in [3.8, 4) is 5.69 Å². The van der Waals surface area contributed by atoms with E-state index in [4.69, 9.17) is 9.47 Å². The van der Waals surface area contributed by atoms with E-state index in [9.17, 15) is 18.0 Å². The van der Waals surface area contributed by atoms with Gasteiger partial charge in [-0.2, -0.15) is 18.3 Å². The van der Waals surface area contributed by atoms with E-state index in [1.807, 2.05) is 25.4 Å². The minimum atomic E-state index is -4.64. The Morgan fingerprint density at radius 1 is 1.21 bits per heavy atom. The molecule has 0 radical (unpaired) electrons. The van der Waals surface area contributed by atoms with Gasteiger partial charge in [0.2, 0.25) is 0 Å². The number of rotatable bonds is 7. The number of hydrogen-bond donors (Lipinski definition) is 1. The van der Waals surface area contributed by atoms with Crippen molar-refractivity contribution >= 4 is 17.8 Å². The Morgan fingerprint density at radius 3 is 2.82 bits per heavy atom. The average molecular weight is 540 g/mol. The first-order valence-corrected chi connectivity index (χ1v) is 12.7. The van der Waals surface area contributed by atoms with Crippen molar-refractivity contribution in [2.75, 3.05) is 25.1 Å². The molecule has 0 bridgehead atoms. The van der Waals surface area contributed by atoms with E-state index in [1.54, 1.807) is 35.3 Å². The van der Waals surface area contributed by atoms with E-state index in [2.05, 4.69) is 20.4 Å². The SMILES string of the molecule is Cc1ccc(NC(=O)c2cccc(C(F)(F)F)n2)cc1-n1cc(C2C=NC=CC2OCC2CCOCC2)cn1. The summed E-state index contributed by atoms with van der Waals surface area (Å²) in [7, 11) is 0. The molecule has 39 heavy (non-hydrogen) atoms. The number of ether oxygens (including phenoxy) is 2. The normalized spacial score (nSPS) is 19.8. The lowest BCUT2D eigenvalue weighted by atomic mass is 9.95. The summed E-state index contributed by atoms with van der Waals surface area (Å²) < 4.78 is 52.4. The Hall–Kier alpha value is -3.83. The lowest BCUT2D eigenvalue weighted by Crippen LogP contribution is -2.28. The van der Waals surface area contributed by atoms with Crippen molar-refractivity contribution in [3.05, 3.63) is 83.6 Å². The molecule has 2 atom stereocenters. The molecule has 0 aliphatic carbocycles. The van der Waals surface area contributed by atoms with Crippen LogP contribution < -0.4 is 5.32 Å². The number of aromatic nitrogens is 3. The zero-order chi connectivity index (χ0) is 27.4. The third-order valence-corrected chi connectivity index (χ3v) is 6.80. The van der Waals surface area contributed by atoms with Crippen LogP contribution in [0.25, 0.3) is 5.69 Å². The van der Waals surface area contributed by atoms with Gasteiger partial charge in [-0.1, -0.05) is 12.1 Å². The van der Waals surface area contributed by atoms with E-state index in [1.165, 1.54) is 6.07 Å². The highest BCUT2D eigenvalue weighted by atomic mass is 19.4. The third kappa shape index (κ3) is 6.43. The van der Waals surface area contributed by atoms with Crippen molar-refractivity contribution in [3.63, 3.8) is 0 Å². The monoisotopic (exact) mass is 539 g/mol. The first-order chi connectivity index (χ1) is 18.8. The van der Waals surface area contributed by atoms with E-state index >= 15 is 0 Å². The van der Waals surface area contributed by atoms with Crippen LogP contribution in [0.5, 0.6) is 0 Å². The second kappa shape index (κ2) is 11.5. The molecule has 2 aliphatic rings. The van der Waals surface area contributed by atoms with Crippen molar-refractivity contribution in [1.82, 2.24) is 14.8 Å². The predicted molar refractivity (Wildman–Crippen MR) is 139 cm³/mol. The van der Waals surface area contributed by atoms with Crippen molar-refractivity contribution in [1.29, 1.82) is 0 Å². The van der Waals surface area contributed by atoms with Crippen LogP contribution in [0.3, 0.4) is 0 Å². The smallest absolute Gasteiger partial charge is 0.381 e. The highest BCUT2D eigenvalue weighted by Crippen LogP contribution is 2.29. The topological polar surface area (TPSA) is 90.6 Å². The molecule has 8 nitrogen and oxygen atoms in total. The van der Waals surface area contributed by atoms with Crippen LogP contribution in [0.15, 0.2) is 66.1 Å². The fourth-order valence-electron chi connectivity index (χ4n) is 4.57. The number of carbonyl (C=O) groups excluding carboxylic acids is 1. The summed E-state index contributed by atoms with van der Waals surface area (Å²) in [6.45, 7) is 4.09. The number of hydrogen-bond acceptors (Lipinski definition) is 6. The largest absolute Gasteiger partial charge is 0.433 e. The Kier molecular flexibility index (Phi) is 7.89.